The van der Waals surface area contributed by atoms with E-state index in [0.29, 0.717) is 45.1 Å². The zero-order valence-corrected chi connectivity index (χ0v) is 17.5. The van der Waals surface area contributed by atoms with E-state index in [1.54, 1.807) is 15.3 Å². The molecule has 8 nitrogen and oxygen atoms in total. The van der Waals surface area contributed by atoms with Crippen LogP contribution >= 0.6 is 0 Å². The lowest BCUT2D eigenvalue weighted by Gasteiger charge is -2.39. The van der Waals surface area contributed by atoms with Crippen molar-refractivity contribution in [3.05, 3.63) is 29.6 Å². The third-order valence-electron chi connectivity index (χ3n) is 5.36. The van der Waals surface area contributed by atoms with Crippen molar-refractivity contribution in [2.24, 2.45) is 0 Å². The summed E-state index contributed by atoms with van der Waals surface area (Å²) in [6.45, 7) is 7.04. The number of ether oxygens (including phenoxy) is 1. The van der Waals surface area contributed by atoms with Gasteiger partial charge in [0.05, 0.1) is 19.5 Å². The molecule has 2 aliphatic heterocycles. The third-order valence-corrected chi connectivity index (χ3v) is 6.70. The minimum Gasteiger partial charge on any atom is -0.379 e. The highest BCUT2D eigenvalue weighted by atomic mass is 32.2. The maximum absolute atomic E-state index is 12.8. The standard InChI is InChI=1S/C19H30N4O4S/c1-16-5-3-7-18(20-16)19(24)22-8-4-6-17(15-22)23(28(2,25)26)10-9-21-11-13-27-14-12-21/h3,5,7,17H,4,6,8-15H2,1-2H3. The van der Waals surface area contributed by atoms with Gasteiger partial charge in [0.25, 0.3) is 5.91 Å². The normalized spacial score (nSPS) is 21.8. The van der Waals surface area contributed by atoms with Crippen LogP contribution in [-0.2, 0) is 14.8 Å². The van der Waals surface area contributed by atoms with E-state index in [1.165, 1.54) is 6.26 Å². The van der Waals surface area contributed by atoms with E-state index in [0.717, 1.165) is 31.6 Å². The van der Waals surface area contributed by atoms with Crippen LogP contribution in [0.15, 0.2) is 18.2 Å². The number of sulfonamides is 1. The summed E-state index contributed by atoms with van der Waals surface area (Å²) in [6, 6.07) is 5.19. The second-order valence-electron chi connectivity index (χ2n) is 7.54. The molecule has 1 unspecified atom stereocenters. The molecule has 2 saturated heterocycles. The number of piperidine rings is 1. The fourth-order valence-corrected chi connectivity index (χ4v) is 5.01. The third kappa shape index (κ3) is 5.50. The van der Waals surface area contributed by atoms with Gasteiger partial charge in [0, 0.05) is 51.0 Å². The van der Waals surface area contributed by atoms with Gasteiger partial charge in [0.1, 0.15) is 5.69 Å². The molecule has 156 valence electrons. The Morgan fingerprint density at radius 2 is 2.04 bits per heavy atom. The number of morpholine rings is 1. The topological polar surface area (TPSA) is 83.1 Å². The molecule has 2 aliphatic rings. The van der Waals surface area contributed by atoms with E-state index in [9.17, 15) is 13.2 Å². The van der Waals surface area contributed by atoms with E-state index in [2.05, 4.69) is 9.88 Å². The Balaban J connectivity index is 1.67. The van der Waals surface area contributed by atoms with Crippen LogP contribution in [0.3, 0.4) is 0 Å². The summed E-state index contributed by atoms with van der Waals surface area (Å²) < 4.78 is 31.9. The molecule has 3 heterocycles. The molecule has 0 N–H and O–H groups in total. The molecule has 1 atom stereocenters. The van der Waals surface area contributed by atoms with Crippen LogP contribution < -0.4 is 0 Å². The molecule has 1 amide bonds. The average Bonchev–Trinajstić information content (AvgIpc) is 2.67. The number of pyridine rings is 1. The first-order valence-electron chi connectivity index (χ1n) is 9.84. The molecule has 2 fully saturated rings. The summed E-state index contributed by atoms with van der Waals surface area (Å²) in [5.41, 5.74) is 1.21. The van der Waals surface area contributed by atoms with Gasteiger partial charge in [-0.15, -0.1) is 0 Å². The zero-order valence-electron chi connectivity index (χ0n) is 16.7. The number of aryl methyl sites for hydroxylation is 1. The maximum Gasteiger partial charge on any atom is 0.272 e. The predicted molar refractivity (Wildman–Crippen MR) is 107 cm³/mol. The lowest BCUT2D eigenvalue weighted by molar-refractivity contribution is 0.0334. The van der Waals surface area contributed by atoms with Crippen molar-refractivity contribution in [1.29, 1.82) is 0 Å². The number of carbonyl (C=O) groups is 1. The number of nitrogens with zero attached hydrogens (tertiary/aromatic N) is 4. The molecule has 0 aromatic carbocycles. The largest absolute Gasteiger partial charge is 0.379 e. The quantitative estimate of drug-likeness (QED) is 0.683. The molecule has 0 saturated carbocycles. The van der Waals surface area contributed by atoms with E-state index >= 15 is 0 Å². The monoisotopic (exact) mass is 410 g/mol. The van der Waals surface area contributed by atoms with Crippen LogP contribution in [-0.4, -0.2) is 98.2 Å². The predicted octanol–water partition coefficient (Wildman–Crippen LogP) is 0.588. The second-order valence-corrected chi connectivity index (χ2v) is 9.47. The molecule has 0 radical (unpaired) electrons. The van der Waals surface area contributed by atoms with Gasteiger partial charge in [-0.3, -0.25) is 9.69 Å². The van der Waals surface area contributed by atoms with Gasteiger partial charge in [-0.1, -0.05) is 6.07 Å². The van der Waals surface area contributed by atoms with E-state index in [4.69, 9.17) is 4.74 Å². The second kappa shape index (κ2) is 9.30. The Bertz CT molecular complexity index is 780. The highest BCUT2D eigenvalue weighted by Crippen LogP contribution is 2.20. The van der Waals surface area contributed by atoms with Crippen molar-refractivity contribution in [3.63, 3.8) is 0 Å². The van der Waals surface area contributed by atoms with Crippen molar-refractivity contribution in [2.45, 2.75) is 25.8 Å². The van der Waals surface area contributed by atoms with Gasteiger partial charge in [0.2, 0.25) is 10.0 Å². The first-order valence-corrected chi connectivity index (χ1v) is 11.7. The molecule has 0 bridgehead atoms. The van der Waals surface area contributed by atoms with Gasteiger partial charge < -0.3 is 9.64 Å². The Morgan fingerprint density at radius 3 is 2.71 bits per heavy atom. The number of carbonyl (C=O) groups excluding carboxylic acids is 1. The summed E-state index contributed by atoms with van der Waals surface area (Å²) in [5.74, 6) is -0.130. The van der Waals surface area contributed by atoms with Crippen molar-refractivity contribution in [3.8, 4) is 0 Å². The summed E-state index contributed by atoms with van der Waals surface area (Å²) in [4.78, 5) is 21.1. The van der Waals surface area contributed by atoms with E-state index < -0.39 is 10.0 Å². The molecule has 9 heteroatoms. The molecule has 0 spiro atoms. The van der Waals surface area contributed by atoms with Gasteiger partial charge >= 0.3 is 0 Å². The van der Waals surface area contributed by atoms with Crippen molar-refractivity contribution in [2.75, 3.05) is 58.7 Å². The van der Waals surface area contributed by atoms with Gasteiger partial charge in [-0.05, 0) is 31.9 Å². The fraction of sp³-hybridized carbons (Fsp3) is 0.684. The molecule has 28 heavy (non-hydrogen) atoms. The Kier molecular flexibility index (Phi) is 7.03. The van der Waals surface area contributed by atoms with Gasteiger partial charge in [-0.2, -0.15) is 4.31 Å². The molecule has 1 aromatic heterocycles. The molecular weight excluding hydrogens is 380 g/mol. The van der Waals surface area contributed by atoms with Crippen molar-refractivity contribution < 1.29 is 17.9 Å². The Morgan fingerprint density at radius 1 is 1.29 bits per heavy atom. The lowest BCUT2D eigenvalue weighted by atomic mass is 10.0. The fourth-order valence-electron chi connectivity index (χ4n) is 3.88. The summed E-state index contributed by atoms with van der Waals surface area (Å²) >= 11 is 0. The summed E-state index contributed by atoms with van der Waals surface area (Å²) in [7, 11) is -3.36. The molecular formula is C19H30N4O4S. The van der Waals surface area contributed by atoms with Crippen LogP contribution in [0.4, 0.5) is 0 Å². The van der Waals surface area contributed by atoms with Gasteiger partial charge in [0.15, 0.2) is 0 Å². The minimum atomic E-state index is -3.36. The van der Waals surface area contributed by atoms with Gasteiger partial charge in [-0.25, -0.2) is 13.4 Å². The minimum absolute atomic E-state index is 0.130. The van der Waals surface area contributed by atoms with E-state index in [1.807, 2.05) is 19.1 Å². The SMILES string of the molecule is Cc1cccc(C(=O)N2CCCC(N(CCN3CCOCC3)S(C)(=O)=O)C2)n1. The summed E-state index contributed by atoms with van der Waals surface area (Å²) in [5, 5.41) is 0. The van der Waals surface area contributed by atoms with Crippen LogP contribution in [0.5, 0.6) is 0 Å². The van der Waals surface area contributed by atoms with Crippen LogP contribution in [0.25, 0.3) is 0 Å². The number of likely N-dealkylation sites (tertiary alicyclic amines) is 1. The van der Waals surface area contributed by atoms with E-state index in [-0.39, 0.29) is 11.9 Å². The number of hydrogen-bond acceptors (Lipinski definition) is 6. The number of aromatic nitrogens is 1. The zero-order chi connectivity index (χ0) is 20.1. The maximum atomic E-state index is 12.8. The smallest absolute Gasteiger partial charge is 0.272 e. The molecule has 3 rings (SSSR count). The Labute approximate surface area is 167 Å². The summed E-state index contributed by atoms with van der Waals surface area (Å²) in [6.07, 6.45) is 2.81. The van der Waals surface area contributed by atoms with Crippen LogP contribution in [0.1, 0.15) is 29.0 Å². The number of rotatable bonds is 6. The Hall–Kier alpha value is -1.55. The molecule has 0 aliphatic carbocycles. The van der Waals surface area contributed by atoms with Crippen LogP contribution in [0, 0.1) is 6.92 Å². The highest BCUT2D eigenvalue weighted by Gasteiger charge is 2.33. The molecule has 1 aromatic rings. The van der Waals surface area contributed by atoms with Crippen molar-refractivity contribution >= 4 is 15.9 Å². The van der Waals surface area contributed by atoms with Crippen LogP contribution in [0.2, 0.25) is 0 Å². The lowest BCUT2D eigenvalue weighted by Crippen LogP contribution is -2.53. The van der Waals surface area contributed by atoms with Crippen molar-refractivity contribution in [1.82, 2.24) is 19.1 Å². The average molecular weight is 411 g/mol. The number of amides is 1. The first kappa shape index (κ1) is 21.2. The first-order chi connectivity index (χ1) is 13.3. The highest BCUT2D eigenvalue weighted by molar-refractivity contribution is 7.88. The number of hydrogen-bond donors (Lipinski definition) is 0.